The van der Waals surface area contributed by atoms with E-state index in [1.54, 1.807) is 18.2 Å². The highest BCUT2D eigenvalue weighted by atomic mass is 32.1. The molecule has 0 bridgehead atoms. The molecule has 0 saturated heterocycles. The number of carbonyl (C=O) groups excluding carboxylic acids is 1. The van der Waals surface area contributed by atoms with Gasteiger partial charge in [0.2, 0.25) is 0 Å². The molecular formula is C15H16FNO2S. The molecule has 2 aromatic rings. The van der Waals surface area contributed by atoms with E-state index in [2.05, 4.69) is 11.9 Å². The zero-order valence-corrected chi connectivity index (χ0v) is 12.1. The van der Waals surface area contributed by atoms with Gasteiger partial charge >= 0.3 is 0 Å². The third-order valence-electron chi connectivity index (χ3n) is 2.61. The second kappa shape index (κ2) is 6.63. The minimum Gasteiger partial charge on any atom is -0.375 e. The van der Waals surface area contributed by atoms with Crippen LogP contribution in [0, 0.1) is 5.82 Å². The SMILES string of the molecule is C=C(C)COCCNC(=O)c1cc2c(F)cccc2s1. The van der Waals surface area contributed by atoms with Crippen LogP contribution in [0.1, 0.15) is 16.6 Å². The van der Waals surface area contributed by atoms with Gasteiger partial charge in [-0.25, -0.2) is 4.39 Å². The number of rotatable bonds is 6. The lowest BCUT2D eigenvalue weighted by molar-refractivity contribution is 0.0931. The van der Waals surface area contributed by atoms with E-state index < -0.39 is 0 Å². The van der Waals surface area contributed by atoms with Crippen molar-refractivity contribution in [3.8, 4) is 0 Å². The molecular weight excluding hydrogens is 277 g/mol. The van der Waals surface area contributed by atoms with Crippen molar-refractivity contribution in [1.29, 1.82) is 0 Å². The Kier molecular flexibility index (Phi) is 4.87. The van der Waals surface area contributed by atoms with E-state index in [4.69, 9.17) is 4.74 Å². The number of halogens is 1. The second-order valence-electron chi connectivity index (χ2n) is 4.53. The number of ether oxygens (including phenoxy) is 1. The smallest absolute Gasteiger partial charge is 0.261 e. The van der Waals surface area contributed by atoms with Crippen molar-refractivity contribution in [3.05, 3.63) is 47.1 Å². The summed E-state index contributed by atoms with van der Waals surface area (Å²) in [5.41, 5.74) is 0.941. The van der Waals surface area contributed by atoms with Crippen LogP contribution in [-0.2, 0) is 4.74 Å². The lowest BCUT2D eigenvalue weighted by Gasteiger charge is -2.04. The third-order valence-corrected chi connectivity index (χ3v) is 3.71. The van der Waals surface area contributed by atoms with Crippen LogP contribution in [-0.4, -0.2) is 25.7 Å². The number of hydrogen-bond donors (Lipinski definition) is 1. The summed E-state index contributed by atoms with van der Waals surface area (Å²) >= 11 is 1.28. The predicted molar refractivity (Wildman–Crippen MR) is 79.7 cm³/mol. The maximum absolute atomic E-state index is 13.5. The Bertz CT molecular complexity index is 636. The quantitative estimate of drug-likeness (QED) is 0.655. The van der Waals surface area contributed by atoms with Gasteiger partial charge < -0.3 is 10.1 Å². The fraction of sp³-hybridized carbons (Fsp3) is 0.267. The van der Waals surface area contributed by atoms with Crippen molar-refractivity contribution in [3.63, 3.8) is 0 Å². The van der Waals surface area contributed by atoms with Gasteiger partial charge in [0.1, 0.15) is 5.82 Å². The van der Waals surface area contributed by atoms with E-state index in [1.807, 2.05) is 6.92 Å². The van der Waals surface area contributed by atoms with Crippen molar-refractivity contribution in [2.75, 3.05) is 19.8 Å². The van der Waals surface area contributed by atoms with E-state index in [1.165, 1.54) is 17.4 Å². The first kappa shape index (κ1) is 14.7. The molecule has 0 radical (unpaired) electrons. The summed E-state index contributed by atoms with van der Waals surface area (Å²) in [5, 5.41) is 3.23. The molecule has 1 amide bonds. The zero-order chi connectivity index (χ0) is 14.5. The van der Waals surface area contributed by atoms with Gasteiger partial charge in [0.25, 0.3) is 5.91 Å². The van der Waals surface area contributed by atoms with Gasteiger partial charge in [-0.05, 0) is 25.1 Å². The maximum Gasteiger partial charge on any atom is 0.261 e. The summed E-state index contributed by atoms with van der Waals surface area (Å²) < 4.78 is 19.6. The minimum absolute atomic E-state index is 0.204. The van der Waals surface area contributed by atoms with Crippen molar-refractivity contribution < 1.29 is 13.9 Å². The molecule has 0 atom stereocenters. The van der Waals surface area contributed by atoms with Crippen molar-refractivity contribution in [2.24, 2.45) is 0 Å². The highest BCUT2D eigenvalue weighted by molar-refractivity contribution is 7.20. The minimum atomic E-state index is -0.303. The van der Waals surface area contributed by atoms with Crippen LogP contribution in [0.25, 0.3) is 10.1 Å². The lowest BCUT2D eigenvalue weighted by Crippen LogP contribution is -2.26. The van der Waals surface area contributed by atoms with Crippen LogP contribution in [0.15, 0.2) is 36.4 Å². The molecule has 0 aliphatic carbocycles. The van der Waals surface area contributed by atoms with E-state index in [-0.39, 0.29) is 11.7 Å². The first-order valence-corrected chi connectivity index (χ1v) is 7.08. The monoisotopic (exact) mass is 293 g/mol. The van der Waals surface area contributed by atoms with Crippen LogP contribution in [0.3, 0.4) is 0 Å². The Hall–Kier alpha value is -1.72. The average molecular weight is 293 g/mol. The predicted octanol–water partition coefficient (Wildman–Crippen LogP) is 3.36. The molecule has 0 aliphatic heterocycles. The van der Waals surface area contributed by atoms with Gasteiger partial charge in [-0.15, -0.1) is 11.3 Å². The largest absolute Gasteiger partial charge is 0.375 e. The topological polar surface area (TPSA) is 38.3 Å². The fourth-order valence-corrected chi connectivity index (χ4v) is 2.70. The zero-order valence-electron chi connectivity index (χ0n) is 11.2. The van der Waals surface area contributed by atoms with Crippen LogP contribution in [0.2, 0.25) is 0 Å². The molecule has 1 aromatic heterocycles. The first-order chi connectivity index (χ1) is 9.58. The summed E-state index contributed by atoms with van der Waals surface area (Å²) in [5.74, 6) is -0.507. The van der Waals surface area contributed by atoms with Gasteiger partial charge in [0.05, 0.1) is 18.1 Å². The number of carbonyl (C=O) groups is 1. The van der Waals surface area contributed by atoms with Crippen LogP contribution >= 0.6 is 11.3 Å². The first-order valence-electron chi connectivity index (χ1n) is 6.26. The molecule has 0 spiro atoms. The summed E-state index contributed by atoms with van der Waals surface area (Å²) in [6.45, 7) is 6.94. The Labute approximate surface area is 121 Å². The molecule has 0 saturated carbocycles. The van der Waals surface area contributed by atoms with Crippen molar-refractivity contribution in [1.82, 2.24) is 5.32 Å². The number of benzene rings is 1. The lowest BCUT2D eigenvalue weighted by atomic mass is 10.2. The van der Waals surface area contributed by atoms with E-state index in [0.717, 1.165) is 10.3 Å². The van der Waals surface area contributed by atoms with Gasteiger partial charge in [-0.1, -0.05) is 18.2 Å². The number of amides is 1. The highest BCUT2D eigenvalue weighted by Gasteiger charge is 2.11. The molecule has 0 fully saturated rings. The van der Waals surface area contributed by atoms with Crippen molar-refractivity contribution >= 4 is 27.3 Å². The Balaban J connectivity index is 1.91. The summed E-state index contributed by atoms with van der Waals surface area (Å²) in [4.78, 5) is 12.4. The fourth-order valence-electron chi connectivity index (χ4n) is 1.71. The Morgan fingerprint density at radius 1 is 1.50 bits per heavy atom. The Morgan fingerprint density at radius 3 is 3.00 bits per heavy atom. The van der Waals surface area contributed by atoms with Gasteiger partial charge in [-0.2, -0.15) is 0 Å². The summed E-state index contributed by atoms with van der Waals surface area (Å²) in [6, 6.07) is 6.42. The number of hydrogen-bond acceptors (Lipinski definition) is 3. The molecule has 5 heteroatoms. The number of thiophene rings is 1. The molecule has 2 rings (SSSR count). The van der Waals surface area contributed by atoms with E-state index in [9.17, 15) is 9.18 Å². The molecule has 3 nitrogen and oxygen atoms in total. The molecule has 106 valence electrons. The van der Waals surface area contributed by atoms with Crippen LogP contribution in [0.5, 0.6) is 0 Å². The number of fused-ring (bicyclic) bond motifs is 1. The molecule has 1 N–H and O–H groups in total. The van der Waals surface area contributed by atoms with E-state index in [0.29, 0.717) is 30.0 Å². The molecule has 1 heterocycles. The molecule has 20 heavy (non-hydrogen) atoms. The Morgan fingerprint density at radius 2 is 2.30 bits per heavy atom. The molecule has 1 aromatic carbocycles. The molecule has 0 unspecified atom stereocenters. The van der Waals surface area contributed by atoms with Gasteiger partial charge in [0.15, 0.2) is 0 Å². The third kappa shape index (κ3) is 3.65. The number of nitrogens with one attached hydrogen (secondary N) is 1. The maximum atomic E-state index is 13.5. The normalized spacial score (nSPS) is 10.7. The van der Waals surface area contributed by atoms with E-state index >= 15 is 0 Å². The highest BCUT2D eigenvalue weighted by Crippen LogP contribution is 2.27. The van der Waals surface area contributed by atoms with Crippen LogP contribution < -0.4 is 5.32 Å². The van der Waals surface area contributed by atoms with Gasteiger partial charge in [0, 0.05) is 16.6 Å². The van der Waals surface area contributed by atoms with Crippen LogP contribution in [0.4, 0.5) is 4.39 Å². The summed E-state index contributed by atoms with van der Waals surface area (Å²) in [6.07, 6.45) is 0. The van der Waals surface area contributed by atoms with Gasteiger partial charge in [-0.3, -0.25) is 4.79 Å². The standard InChI is InChI=1S/C15H16FNO2S/c1-10(2)9-19-7-6-17-15(18)14-8-11-12(16)4-3-5-13(11)20-14/h3-5,8H,1,6-7,9H2,2H3,(H,17,18). The van der Waals surface area contributed by atoms with Crippen molar-refractivity contribution in [2.45, 2.75) is 6.92 Å². The average Bonchev–Trinajstić information content (AvgIpc) is 2.83. The second-order valence-corrected chi connectivity index (χ2v) is 5.61. The summed E-state index contributed by atoms with van der Waals surface area (Å²) in [7, 11) is 0. The molecule has 0 aliphatic rings.